The van der Waals surface area contributed by atoms with E-state index in [1.165, 1.54) is 0 Å². The van der Waals surface area contributed by atoms with Gasteiger partial charge in [-0.15, -0.1) is 0 Å². The largest absolute Gasteiger partial charge is 0.342 e. The summed E-state index contributed by atoms with van der Waals surface area (Å²) in [7, 11) is 0. The maximum atomic E-state index is 5.86. The van der Waals surface area contributed by atoms with Crippen LogP contribution in [0.15, 0.2) is 28.8 Å². The molecule has 0 aliphatic rings. The van der Waals surface area contributed by atoms with E-state index < -0.39 is 0 Å². The minimum Gasteiger partial charge on any atom is -0.342 e. The zero-order valence-electron chi connectivity index (χ0n) is 6.80. The third kappa shape index (κ3) is 1.73. The van der Waals surface area contributed by atoms with Crippen LogP contribution in [0.1, 0.15) is 0 Å². The van der Waals surface area contributed by atoms with Gasteiger partial charge in [0, 0.05) is 10.6 Å². The fraction of sp³-hybridized carbons (Fsp3) is 0. The molecule has 0 atom stereocenters. The third-order valence-corrected chi connectivity index (χ3v) is 2.64. The van der Waals surface area contributed by atoms with Crippen LogP contribution in [0.25, 0.3) is 11.3 Å². The molecule has 72 valence electrons. The third-order valence-electron chi connectivity index (χ3n) is 1.70. The fourth-order valence-electron chi connectivity index (χ4n) is 1.07. The minimum absolute atomic E-state index is 0.0849. The summed E-state index contributed by atoms with van der Waals surface area (Å²) < 4.78 is 4.73. The van der Waals surface area contributed by atoms with E-state index in [2.05, 4.69) is 5.16 Å². The first kappa shape index (κ1) is 9.84. The highest BCUT2D eigenvalue weighted by Crippen LogP contribution is 2.33. The van der Waals surface area contributed by atoms with E-state index in [0.717, 1.165) is 5.56 Å². The van der Waals surface area contributed by atoms with Gasteiger partial charge in [0.1, 0.15) is 10.7 Å². The van der Waals surface area contributed by atoms with E-state index in [4.69, 9.17) is 39.3 Å². The molecule has 0 bridgehead atoms. The molecule has 1 heterocycles. The lowest BCUT2D eigenvalue weighted by molar-refractivity contribution is 0.424. The molecule has 0 fully saturated rings. The van der Waals surface area contributed by atoms with Gasteiger partial charge in [0.05, 0.1) is 0 Å². The maximum absolute atomic E-state index is 5.86. The lowest BCUT2D eigenvalue weighted by Gasteiger charge is -1.96. The lowest BCUT2D eigenvalue weighted by atomic mass is 10.2. The van der Waals surface area contributed by atoms with Gasteiger partial charge < -0.3 is 4.52 Å². The Morgan fingerprint density at radius 1 is 1.14 bits per heavy atom. The second-order valence-electron chi connectivity index (χ2n) is 2.63. The van der Waals surface area contributed by atoms with Crippen LogP contribution in [-0.4, -0.2) is 5.16 Å². The number of hydrogen-bond acceptors (Lipinski definition) is 2. The zero-order valence-corrected chi connectivity index (χ0v) is 9.07. The first-order chi connectivity index (χ1) is 6.68. The molecule has 0 amide bonds. The van der Waals surface area contributed by atoms with E-state index in [9.17, 15) is 0 Å². The van der Waals surface area contributed by atoms with Gasteiger partial charge in [0.2, 0.25) is 5.22 Å². The first-order valence-electron chi connectivity index (χ1n) is 3.75. The summed E-state index contributed by atoms with van der Waals surface area (Å²) in [6.45, 7) is 0. The Kier molecular flexibility index (Phi) is 2.68. The molecule has 2 nitrogen and oxygen atoms in total. The number of hydrogen-bond donors (Lipinski definition) is 0. The molecule has 2 rings (SSSR count). The SMILES string of the molecule is Clc1cccc(-c2noc(Cl)c2Cl)c1. The summed E-state index contributed by atoms with van der Waals surface area (Å²) in [5.74, 6) is 0. The summed E-state index contributed by atoms with van der Waals surface area (Å²) in [6.07, 6.45) is 0. The van der Waals surface area contributed by atoms with Crippen molar-refractivity contribution in [3.05, 3.63) is 39.5 Å². The minimum atomic E-state index is 0.0849. The second kappa shape index (κ2) is 3.81. The summed E-state index contributed by atoms with van der Waals surface area (Å²) in [5, 5.41) is 4.72. The Bertz CT molecular complexity index is 467. The quantitative estimate of drug-likeness (QED) is 0.752. The molecule has 0 N–H and O–H groups in total. The van der Waals surface area contributed by atoms with Crippen LogP contribution in [0.3, 0.4) is 0 Å². The second-order valence-corrected chi connectivity index (χ2v) is 3.79. The first-order valence-corrected chi connectivity index (χ1v) is 4.88. The molecular weight excluding hydrogens is 244 g/mol. The van der Waals surface area contributed by atoms with Crippen molar-refractivity contribution in [1.29, 1.82) is 0 Å². The Morgan fingerprint density at radius 2 is 1.93 bits per heavy atom. The number of benzene rings is 1. The van der Waals surface area contributed by atoms with E-state index in [0.29, 0.717) is 15.7 Å². The summed E-state index contributed by atoms with van der Waals surface area (Å²) in [6, 6.07) is 7.13. The molecule has 0 saturated carbocycles. The van der Waals surface area contributed by atoms with E-state index >= 15 is 0 Å². The molecule has 0 radical (unpaired) electrons. The summed E-state index contributed by atoms with van der Waals surface area (Å²) >= 11 is 17.3. The van der Waals surface area contributed by atoms with E-state index in [1.807, 2.05) is 6.07 Å². The van der Waals surface area contributed by atoms with Crippen molar-refractivity contribution >= 4 is 34.8 Å². The number of nitrogens with zero attached hydrogens (tertiary/aromatic N) is 1. The van der Waals surface area contributed by atoms with Crippen molar-refractivity contribution in [3.8, 4) is 11.3 Å². The molecule has 5 heteroatoms. The van der Waals surface area contributed by atoms with Crippen molar-refractivity contribution in [2.24, 2.45) is 0 Å². The molecular formula is C9H4Cl3NO. The summed E-state index contributed by atoms with van der Waals surface area (Å²) in [5.41, 5.74) is 1.28. The standard InChI is InChI=1S/C9H4Cl3NO/c10-6-3-1-2-5(4-6)8-7(11)9(12)14-13-8/h1-4H. The smallest absolute Gasteiger partial charge is 0.245 e. The van der Waals surface area contributed by atoms with Crippen molar-refractivity contribution < 1.29 is 4.52 Å². The van der Waals surface area contributed by atoms with Gasteiger partial charge in [-0.1, -0.05) is 40.5 Å². The predicted molar refractivity (Wildman–Crippen MR) is 57.0 cm³/mol. The highest BCUT2D eigenvalue weighted by atomic mass is 35.5. The van der Waals surface area contributed by atoms with E-state index in [-0.39, 0.29) is 5.22 Å². The Balaban J connectivity index is 2.55. The topological polar surface area (TPSA) is 26.0 Å². The van der Waals surface area contributed by atoms with Crippen molar-refractivity contribution in [1.82, 2.24) is 5.16 Å². The Morgan fingerprint density at radius 3 is 2.50 bits per heavy atom. The molecule has 1 aromatic heterocycles. The van der Waals surface area contributed by atoms with E-state index in [1.54, 1.807) is 18.2 Å². The highest BCUT2D eigenvalue weighted by molar-refractivity contribution is 6.42. The van der Waals surface area contributed by atoms with Gasteiger partial charge in [0.15, 0.2) is 0 Å². The molecule has 2 aromatic rings. The van der Waals surface area contributed by atoms with Gasteiger partial charge in [-0.3, -0.25) is 0 Å². The van der Waals surface area contributed by atoms with Crippen molar-refractivity contribution in [3.63, 3.8) is 0 Å². The summed E-state index contributed by atoms with van der Waals surface area (Å²) in [4.78, 5) is 0. The van der Waals surface area contributed by atoms with Crippen LogP contribution in [0, 0.1) is 0 Å². The number of rotatable bonds is 1. The number of aromatic nitrogens is 1. The molecule has 0 aliphatic carbocycles. The monoisotopic (exact) mass is 247 g/mol. The van der Waals surface area contributed by atoms with Crippen molar-refractivity contribution in [2.45, 2.75) is 0 Å². The average molecular weight is 248 g/mol. The van der Waals surface area contributed by atoms with Crippen LogP contribution < -0.4 is 0 Å². The van der Waals surface area contributed by atoms with Crippen LogP contribution in [0.5, 0.6) is 0 Å². The van der Waals surface area contributed by atoms with Crippen molar-refractivity contribution in [2.75, 3.05) is 0 Å². The van der Waals surface area contributed by atoms with Gasteiger partial charge in [0.25, 0.3) is 0 Å². The van der Waals surface area contributed by atoms with Gasteiger partial charge in [-0.25, -0.2) is 0 Å². The van der Waals surface area contributed by atoms with Crippen LogP contribution in [-0.2, 0) is 0 Å². The van der Waals surface area contributed by atoms with Gasteiger partial charge >= 0.3 is 0 Å². The Labute approximate surface area is 95.4 Å². The van der Waals surface area contributed by atoms with Gasteiger partial charge in [-0.2, -0.15) is 0 Å². The molecule has 0 spiro atoms. The normalized spacial score (nSPS) is 10.5. The Hall–Kier alpha value is -0.700. The molecule has 1 aromatic carbocycles. The maximum Gasteiger partial charge on any atom is 0.245 e. The van der Waals surface area contributed by atoms with Crippen LogP contribution in [0.4, 0.5) is 0 Å². The lowest BCUT2D eigenvalue weighted by Crippen LogP contribution is -1.77. The predicted octanol–water partition coefficient (Wildman–Crippen LogP) is 4.30. The fourth-order valence-corrected chi connectivity index (χ4v) is 1.57. The molecule has 14 heavy (non-hydrogen) atoms. The zero-order chi connectivity index (χ0) is 10.1. The average Bonchev–Trinajstić information content (AvgIpc) is 2.48. The molecule has 0 aliphatic heterocycles. The van der Waals surface area contributed by atoms with Gasteiger partial charge in [-0.05, 0) is 23.7 Å². The van der Waals surface area contributed by atoms with Crippen LogP contribution in [0.2, 0.25) is 15.3 Å². The molecule has 0 saturated heterocycles. The molecule has 0 unspecified atom stereocenters. The van der Waals surface area contributed by atoms with Crippen LogP contribution >= 0.6 is 34.8 Å². The highest BCUT2D eigenvalue weighted by Gasteiger charge is 2.13. The number of halogens is 3.